The van der Waals surface area contributed by atoms with Gasteiger partial charge in [-0.15, -0.1) is 0 Å². The Hall–Kier alpha value is -1.11. The Morgan fingerprint density at radius 1 is 1.43 bits per heavy atom. The molecule has 0 fully saturated rings. The fraction of sp³-hybridized carbons (Fsp3) is 0.364. The summed E-state index contributed by atoms with van der Waals surface area (Å²) in [5, 5.41) is 0.633. The first-order valence-electron chi connectivity index (χ1n) is 4.33. The first-order chi connectivity index (χ1) is 6.47. The first-order valence-corrected chi connectivity index (χ1v) is 4.71. The van der Waals surface area contributed by atoms with Crippen molar-refractivity contribution in [3.63, 3.8) is 0 Å². The van der Waals surface area contributed by atoms with Gasteiger partial charge >= 0.3 is 0 Å². The Balaban J connectivity index is 3.25. The highest BCUT2D eigenvalue weighted by molar-refractivity contribution is 6.31. The quantitative estimate of drug-likeness (QED) is 0.543. The molecule has 0 saturated carbocycles. The molecule has 0 bridgehead atoms. The second-order valence-electron chi connectivity index (χ2n) is 3.75. The SMILES string of the molecule is Cc1ccc(C(C)(C)N=C=O)c(Cl)c1. The minimum absolute atomic E-state index is 0.605. The van der Waals surface area contributed by atoms with Crippen LogP contribution in [-0.4, -0.2) is 6.08 Å². The minimum atomic E-state index is -0.605. The van der Waals surface area contributed by atoms with Crippen LogP contribution in [0.2, 0.25) is 5.02 Å². The number of nitrogens with zero attached hydrogens (tertiary/aromatic N) is 1. The zero-order valence-corrected chi connectivity index (χ0v) is 9.22. The number of halogens is 1. The van der Waals surface area contributed by atoms with E-state index in [2.05, 4.69) is 4.99 Å². The molecule has 0 aliphatic carbocycles. The molecule has 1 aromatic carbocycles. The Labute approximate surface area is 88.6 Å². The number of hydrogen-bond acceptors (Lipinski definition) is 2. The van der Waals surface area contributed by atoms with E-state index in [1.165, 1.54) is 0 Å². The van der Waals surface area contributed by atoms with E-state index in [9.17, 15) is 4.79 Å². The lowest BCUT2D eigenvalue weighted by Gasteiger charge is -2.19. The number of aryl methyl sites for hydroxylation is 1. The molecule has 0 radical (unpaired) electrons. The summed E-state index contributed by atoms with van der Waals surface area (Å²) in [6.07, 6.45) is 1.56. The first kappa shape index (κ1) is 11.0. The van der Waals surface area contributed by atoms with Crippen molar-refractivity contribution in [2.24, 2.45) is 4.99 Å². The number of rotatable bonds is 2. The summed E-state index contributed by atoms with van der Waals surface area (Å²) in [6, 6.07) is 5.70. The third-order valence-corrected chi connectivity index (χ3v) is 2.42. The number of carbonyl (C=O) groups excluding carboxylic acids is 1. The predicted octanol–water partition coefficient (Wildman–Crippen LogP) is 3.22. The molecule has 0 amide bonds. The number of isocyanates is 1. The summed E-state index contributed by atoms with van der Waals surface area (Å²) in [5.41, 5.74) is 1.32. The van der Waals surface area contributed by atoms with Crippen LogP contribution in [0.25, 0.3) is 0 Å². The largest absolute Gasteiger partial charge is 0.235 e. The summed E-state index contributed by atoms with van der Waals surface area (Å²) in [5.74, 6) is 0. The van der Waals surface area contributed by atoms with Crippen LogP contribution in [0.5, 0.6) is 0 Å². The Morgan fingerprint density at radius 3 is 2.57 bits per heavy atom. The summed E-state index contributed by atoms with van der Waals surface area (Å²) in [6.45, 7) is 5.62. The highest BCUT2D eigenvalue weighted by Gasteiger charge is 2.22. The van der Waals surface area contributed by atoms with Crippen molar-refractivity contribution >= 4 is 17.7 Å². The topological polar surface area (TPSA) is 29.4 Å². The van der Waals surface area contributed by atoms with Gasteiger partial charge in [-0.2, -0.15) is 4.99 Å². The third-order valence-electron chi connectivity index (χ3n) is 2.11. The van der Waals surface area contributed by atoms with Gasteiger partial charge in [-0.3, -0.25) is 0 Å². The standard InChI is InChI=1S/C11H12ClNO/c1-8-4-5-9(10(12)6-8)11(2,3)13-7-14/h4-6H,1-3H3. The average molecular weight is 210 g/mol. The second-order valence-corrected chi connectivity index (χ2v) is 4.15. The van der Waals surface area contributed by atoms with Gasteiger partial charge < -0.3 is 0 Å². The molecule has 0 aliphatic rings. The molecule has 0 atom stereocenters. The summed E-state index contributed by atoms with van der Waals surface area (Å²) < 4.78 is 0. The molecule has 3 heteroatoms. The lowest BCUT2D eigenvalue weighted by Crippen LogP contribution is -2.14. The molecule has 74 valence electrons. The van der Waals surface area contributed by atoms with Crippen LogP contribution >= 0.6 is 11.6 Å². The van der Waals surface area contributed by atoms with E-state index in [-0.39, 0.29) is 0 Å². The highest BCUT2D eigenvalue weighted by atomic mass is 35.5. The molecule has 0 aromatic heterocycles. The van der Waals surface area contributed by atoms with Crippen LogP contribution in [0.15, 0.2) is 23.2 Å². The van der Waals surface area contributed by atoms with Gasteiger partial charge in [0.25, 0.3) is 0 Å². The smallest absolute Gasteiger partial charge is 0.211 e. The average Bonchev–Trinajstić information content (AvgIpc) is 2.02. The van der Waals surface area contributed by atoms with Crippen molar-refractivity contribution in [2.45, 2.75) is 26.3 Å². The lowest BCUT2D eigenvalue weighted by molar-refractivity contribution is 0.523. The van der Waals surface area contributed by atoms with Gasteiger partial charge in [-0.05, 0) is 38.0 Å². The van der Waals surface area contributed by atoms with Crippen molar-refractivity contribution in [3.05, 3.63) is 34.3 Å². The van der Waals surface area contributed by atoms with Crippen LogP contribution in [-0.2, 0) is 10.3 Å². The molecule has 2 nitrogen and oxygen atoms in total. The molecule has 14 heavy (non-hydrogen) atoms. The maximum absolute atomic E-state index is 10.2. The van der Waals surface area contributed by atoms with Gasteiger partial charge in [0.15, 0.2) is 0 Å². The molecule has 1 rings (SSSR count). The van der Waals surface area contributed by atoms with Crippen molar-refractivity contribution in [1.29, 1.82) is 0 Å². The maximum atomic E-state index is 10.2. The van der Waals surface area contributed by atoms with Gasteiger partial charge in [0.05, 0.1) is 5.54 Å². The van der Waals surface area contributed by atoms with Gasteiger partial charge in [-0.25, -0.2) is 4.79 Å². The van der Waals surface area contributed by atoms with E-state index in [4.69, 9.17) is 11.6 Å². The van der Waals surface area contributed by atoms with E-state index in [0.29, 0.717) is 5.02 Å². The Morgan fingerprint density at radius 2 is 2.07 bits per heavy atom. The number of hydrogen-bond donors (Lipinski definition) is 0. The third kappa shape index (κ3) is 2.22. The summed E-state index contributed by atoms with van der Waals surface area (Å²) >= 11 is 6.06. The fourth-order valence-corrected chi connectivity index (χ4v) is 1.76. The summed E-state index contributed by atoms with van der Waals surface area (Å²) in [4.78, 5) is 14.0. The molecule has 0 unspecified atom stereocenters. The van der Waals surface area contributed by atoms with E-state index in [0.717, 1.165) is 11.1 Å². The van der Waals surface area contributed by atoms with Crippen molar-refractivity contribution in [3.8, 4) is 0 Å². The fourth-order valence-electron chi connectivity index (χ4n) is 1.29. The molecule has 0 heterocycles. The van der Waals surface area contributed by atoms with E-state index < -0.39 is 5.54 Å². The van der Waals surface area contributed by atoms with Crippen molar-refractivity contribution < 1.29 is 4.79 Å². The van der Waals surface area contributed by atoms with Crippen molar-refractivity contribution in [2.75, 3.05) is 0 Å². The predicted molar refractivity (Wildman–Crippen MR) is 57.3 cm³/mol. The molecule has 0 saturated heterocycles. The molecule has 1 aromatic rings. The molecule has 0 spiro atoms. The number of benzene rings is 1. The Kier molecular flexibility index (Phi) is 3.10. The number of aliphatic imine (C=N–C) groups is 1. The molecular formula is C11H12ClNO. The Bertz CT molecular complexity index is 392. The van der Waals surface area contributed by atoms with Gasteiger partial charge in [0.1, 0.15) is 0 Å². The van der Waals surface area contributed by atoms with E-state index >= 15 is 0 Å². The van der Waals surface area contributed by atoms with Crippen LogP contribution < -0.4 is 0 Å². The zero-order chi connectivity index (χ0) is 10.8. The van der Waals surface area contributed by atoms with Crippen molar-refractivity contribution in [1.82, 2.24) is 0 Å². The van der Waals surface area contributed by atoms with Crippen LogP contribution in [0, 0.1) is 6.92 Å². The van der Waals surface area contributed by atoms with E-state index in [1.807, 2.05) is 39.0 Å². The monoisotopic (exact) mass is 209 g/mol. The van der Waals surface area contributed by atoms with E-state index in [1.54, 1.807) is 6.08 Å². The van der Waals surface area contributed by atoms with Gasteiger partial charge in [0, 0.05) is 5.02 Å². The molecule has 0 N–H and O–H groups in total. The normalized spacial score (nSPS) is 10.9. The second kappa shape index (κ2) is 3.95. The van der Waals surface area contributed by atoms with Gasteiger partial charge in [-0.1, -0.05) is 23.7 Å². The lowest BCUT2D eigenvalue weighted by atomic mass is 9.94. The van der Waals surface area contributed by atoms with Gasteiger partial charge in [0.2, 0.25) is 6.08 Å². The van der Waals surface area contributed by atoms with Crippen LogP contribution in [0.4, 0.5) is 0 Å². The van der Waals surface area contributed by atoms with Crippen LogP contribution in [0.3, 0.4) is 0 Å². The molecular weight excluding hydrogens is 198 g/mol. The summed E-state index contributed by atoms with van der Waals surface area (Å²) in [7, 11) is 0. The van der Waals surface area contributed by atoms with Crippen LogP contribution in [0.1, 0.15) is 25.0 Å². The highest BCUT2D eigenvalue weighted by Crippen LogP contribution is 2.31. The minimum Gasteiger partial charge on any atom is -0.211 e. The maximum Gasteiger partial charge on any atom is 0.235 e. The molecule has 0 aliphatic heterocycles. The zero-order valence-electron chi connectivity index (χ0n) is 8.47.